The zero-order chi connectivity index (χ0) is 23.6. The minimum Gasteiger partial charge on any atom is -0.369 e. The van der Waals surface area contributed by atoms with Crippen LogP contribution < -0.4 is 0 Å². The largest absolute Gasteiger partial charge is 0.369 e. The highest BCUT2D eigenvalue weighted by molar-refractivity contribution is 8.03. The Hall–Kier alpha value is -2.08. The van der Waals surface area contributed by atoms with Crippen LogP contribution in [0.4, 0.5) is 0 Å². The third kappa shape index (κ3) is 7.72. The van der Waals surface area contributed by atoms with Gasteiger partial charge >= 0.3 is 0 Å². The second-order valence-electron chi connectivity index (χ2n) is 8.41. The Balaban J connectivity index is 1.23. The van der Waals surface area contributed by atoms with Crippen LogP contribution in [-0.2, 0) is 15.9 Å². The van der Waals surface area contributed by atoms with Crippen LogP contribution in [0.25, 0.3) is 0 Å². The van der Waals surface area contributed by atoms with Gasteiger partial charge in [0.15, 0.2) is 6.29 Å². The Kier molecular flexibility index (Phi) is 9.66. The first-order chi connectivity index (χ1) is 16.7. The van der Waals surface area contributed by atoms with E-state index in [-0.39, 0.29) is 6.10 Å². The number of rotatable bonds is 11. The van der Waals surface area contributed by atoms with Crippen molar-refractivity contribution < 1.29 is 14.6 Å². The Morgan fingerprint density at radius 1 is 1.06 bits per heavy atom. The van der Waals surface area contributed by atoms with Crippen LogP contribution >= 0.6 is 23.4 Å². The SMILES string of the molecule is OC(OCCCc1ccc(SC2=CC(OCC3=CCCC=C3)CC=C2)cc1Cl)c1ccccc1. The number of allylic oxidation sites excluding steroid dienone is 3. The highest BCUT2D eigenvalue weighted by atomic mass is 35.5. The molecule has 2 aliphatic rings. The molecule has 1 N–H and O–H groups in total. The number of hydrogen-bond donors (Lipinski definition) is 1. The van der Waals surface area contributed by atoms with Gasteiger partial charge in [0.25, 0.3) is 0 Å². The maximum absolute atomic E-state index is 10.1. The summed E-state index contributed by atoms with van der Waals surface area (Å²) in [6, 6.07) is 15.6. The van der Waals surface area contributed by atoms with Crippen molar-refractivity contribution >= 4 is 23.4 Å². The number of benzene rings is 2. The minimum absolute atomic E-state index is 0.102. The molecule has 3 nitrogen and oxygen atoms in total. The lowest BCUT2D eigenvalue weighted by Gasteiger charge is -2.18. The average Bonchev–Trinajstić information content (AvgIpc) is 2.88. The number of halogens is 1. The number of aliphatic hydroxyl groups is 1. The lowest BCUT2D eigenvalue weighted by atomic mass is 10.1. The molecule has 34 heavy (non-hydrogen) atoms. The Morgan fingerprint density at radius 3 is 2.74 bits per heavy atom. The monoisotopic (exact) mass is 494 g/mol. The molecule has 2 atom stereocenters. The Morgan fingerprint density at radius 2 is 1.94 bits per heavy atom. The first kappa shape index (κ1) is 25.0. The van der Waals surface area contributed by atoms with E-state index in [0.29, 0.717) is 13.2 Å². The van der Waals surface area contributed by atoms with Crippen LogP contribution in [0.3, 0.4) is 0 Å². The second kappa shape index (κ2) is 13.1. The van der Waals surface area contributed by atoms with E-state index in [1.807, 2.05) is 36.4 Å². The summed E-state index contributed by atoms with van der Waals surface area (Å²) in [6.45, 7) is 1.13. The normalized spacial score (nSPS) is 18.5. The quantitative estimate of drug-likeness (QED) is 0.258. The molecule has 2 aromatic carbocycles. The van der Waals surface area contributed by atoms with Gasteiger partial charge in [0.1, 0.15) is 0 Å². The topological polar surface area (TPSA) is 38.7 Å². The van der Waals surface area contributed by atoms with Gasteiger partial charge in [-0.3, -0.25) is 0 Å². The van der Waals surface area contributed by atoms with Crippen LogP contribution in [0, 0.1) is 0 Å². The van der Waals surface area contributed by atoms with Crippen molar-refractivity contribution in [3.63, 3.8) is 0 Å². The van der Waals surface area contributed by atoms with Gasteiger partial charge in [0.05, 0.1) is 19.3 Å². The van der Waals surface area contributed by atoms with E-state index in [1.165, 1.54) is 10.5 Å². The molecule has 0 aromatic heterocycles. The van der Waals surface area contributed by atoms with Crippen LogP contribution in [0.1, 0.15) is 43.1 Å². The summed E-state index contributed by atoms with van der Waals surface area (Å²) in [5.41, 5.74) is 3.13. The van der Waals surface area contributed by atoms with Crippen molar-refractivity contribution in [1.29, 1.82) is 0 Å². The molecule has 0 spiro atoms. The average molecular weight is 495 g/mol. The molecule has 0 radical (unpaired) electrons. The molecule has 2 aromatic rings. The Labute approximate surface area is 211 Å². The molecule has 0 heterocycles. The predicted molar refractivity (Wildman–Crippen MR) is 141 cm³/mol. The molecule has 0 saturated heterocycles. The van der Waals surface area contributed by atoms with Crippen molar-refractivity contribution in [3.8, 4) is 0 Å². The molecular formula is C29H31ClO3S. The van der Waals surface area contributed by atoms with E-state index < -0.39 is 6.29 Å². The molecular weight excluding hydrogens is 464 g/mol. The molecule has 0 amide bonds. The van der Waals surface area contributed by atoms with Gasteiger partial charge in [0, 0.05) is 20.4 Å². The zero-order valence-corrected chi connectivity index (χ0v) is 20.8. The molecule has 178 valence electrons. The smallest absolute Gasteiger partial charge is 0.181 e. The van der Waals surface area contributed by atoms with E-state index in [9.17, 15) is 5.11 Å². The summed E-state index contributed by atoms with van der Waals surface area (Å²) in [7, 11) is 0. The fraction of sp³-hybridized carbons (Fsp3) is 0.310. The number of thioether (sulfide) groups is 1. The number of hydrogen-bond acceptors (Lipinski definition) is 4. The molecule has 0 bridgehead atoms. The van der Waals surface area contributed by atoms with Crippen molar-refractivity contribution in [1.82, 2.24) is 0 Å². The zero-order valence-electron chi connectivity index (χ0n) is 19.2. The summed E-state index contributed by atoms with van der Waals surface area (Å²) in [4.78, 5) is 2.29. The van der Waals surface area contributed by atoms with Gasteiger partial charge in [-0.2, -0.15) is 0 Å². The fourth-order valence-corrected chi connectivity index (χ4v) is 5.20. The van der Waals surface area contributed by atoms with Crippen LogP contribution in [0.2, 0.25) is 5.02 Å². The summed E-state index contributed by atoms with van der Waals surface area (Å²) in [5.74, 6) is 0. The van der Waals surface area contributed by atoms with E-state index in [2.05, 4.69) is 48.6 Å². The van der Waals surface area contributed by atoms with E-state index in [4.69, 9.17) is 21.1 Å². The molecule has 0 fully saturated rings. The molecule has 2 aliphatic carbocycles. The maximum atomic E-state index is 10.1. The van der Waals surface area contributed by atoms with E-state index in [1.54, 1.807) is 11.8 Å². The van der Waals surface area contributed by atoms with Crippen LogP contribution in [0.15, 0.2) is 100 Å². The number of aryl methyl sites for hydroxylation is 1. The molecule has 2 unspecified atom stereocenters. The Bertz CT molecular complexity index is 1060. The predicted octanol–water partition coefficient (Wildman–Crippen LogP) is 7.58. The fourth-order valence-electron chi connectivity index (χ4n) is 3.89. The summed E-state index contributed by atoms with van der Waals surface area (Å²) in [6.07, 6.45) is 17.1. The van der Waals surface area contributed by atoms with Crippen LogP contribution in [-0.4, -0.2) is 24.4 Å². The maximum Gasteiger partial charge on any atom is 0.181 e. The molecule has 0 saturated carbocycles. The second-order valence-corrected chi connectivity index (χ2v) is 9.96. The van der Waals surface area contributed by atoms with Crippen LogP contribution in [0.5, 0.6) is 0 Å². The summed E-state index contributed by atoms with van der Waals surface area (Å²) in [5, 5.41) is 10.9. The van der Waals surface area contributed by atoms with Gasteiger partial charge in [0.2, 0.25) is 0 Å². The highest BCUT2D eigenvalue weighted by Crippen LogP contribution is 2.33. The van der Waals surface area contributed by atoms with Crippen molar-refractivity contribution in [3.05, 3.63) is 112 Å². The minimum atomic E-state index is -0.893. The molecule has 4 rings (SSSR count). The molecule has 5 heteroatoms. The van der Waals surface area contributed by atoms with Crippen molar-refractivity contribution in [2.45, 2.75) is 49.4 Å². The third-order valence-electron chi connectivity index (χ3n) is 5.75. The van der Waals surface area contributed by atoms with Crippen molar-refractivity contribution in [2.75, 3.05) is 13.2 Å². The van der Waals surface area contributed by atoms with E-state index in [0.717, 1.165) is 53.1 Å². The number of ether oxygens (including phenoxy) is 2. The van der Waals surface area contributed by atoms with Gasteiger partial charge in [-0.05, 0) is 61.4 Å². The van der Waals surface area contributed by atoms with Gasteiger partial charge in [-0.1, -0.05) is 90.1 Å². The summed E-state index contributed by atoms with van der Waals surface area (Å²) < 4.78 is 11.7. The standard InChI is InChI=1S/C29H31ClO3S/c30-28-20-27(17-16-23(28)13-8-18-32-29(31)24-11-5-2-6-12-24)34-26-15-7-14-25(19-26)33-21-22-9-3-1-4-10-22/h2-3,5-7,9-12,15-17,19-20,25,29,31H,1,4,8,13-14,18,21H2. The molecule has 0 aliphatic heterocycles. The third-order valence-corrected chi connectivity index (χ3v) is 7.10. The summed E-state index contributed by atoms with van der Waals surface area (Å²) >= 11 is 8.28. The van der Waals surface area contributed by atoms with Crippen molar-refractivity contribution in [2.24, 2.45) is 0 Å². The van der Waals surface area contributed by atoms with Gasteiger partial charge < -0.3 is 14.6 Å². The number of aliphatic hydroxyl groups excluding tert-OH is 1. The highest BCUT2D eigenvalue weighted by Gasteiger charge is 2.13. The van der Waals surface area contributed by atoms with E-state index >= 15 is 0 Å². The first-order valence-electron chi connectivity index (χ1n) is 11.8. The van der Waals surface area contributed by atoms with Gasteiger partial charge in [-0.15, -0.1) is 0 Å². The lowest BCUT2D eigenvalue weighted by Crippen LogP contribution is -2.13. The van der Waals surface area contributed by atoms with Gasteiger partial charge in [-0.25, -0.2) is 0 Å². The lowest BCUT2D eigenvalue weighted by molar-refractivity contribution is -0.103. The first-order valence-corrected chi connectivity index (χ1v) is 13.0.